The van der Waals surface area contributed by atoms with E-state index in [1.165, 1.54) is 16.5 Å². The molecule has 0 saturated carbocycles. The number of carbonyl (C=O) groups is 1. The second kappa shape index (κ2) is 6.86. The van der Waals surface area contributed by atoms with Gasteiger partial charge in [0, 0.05) is 24.5 Å². The molecule has 0 aliphatic carbocycles. The number of amides is 1. The Labute approximate surface area is 149 Å². The van der Waals surface area contributed by atoms with Crippen molar-refractivity contribution < 1.29 is 9.18 Å². The van der Waals surface area contributed by atoms with Gasteiger partial charge in [0.1, 0.15) is 11.1 Å². The Morgan fingerprint density at radius 3 is 3.12 bits per heavy atom. The van der Waals surface area contributed by atoms with E-state index in [9.17, 15) is 9.18 Å². The molecular weight excluding hydrogens is 343 g/mol. The van der Waals surface area contributed by atoms with Crippen LogP contribution in [-0.4, -0.2) is 36.2 Å². The minimum atomic E-state index is -0.252. The van der Waals surface area contributed by atoms with E-state index in [-0.39, 0.29) is 23.0 Å². The van der Waals surface area contributed by atoms with Crippen LogP contribution in [0.5, 0.6) is 0 Å². The van der Waals surface area contributed by atoms with Crippen LogP contribution in [0.15, 0.2) is 35.7 Å². The van der Waals surface area contributed by atoms with Gasteiger partial charge in [0.15, 0.2) is 0 Å². The number of carbonyl (C=O) groups excluding carboxylic acids is 1. The van der Waals surface area contributed by atoms with Crippen molar-refractivity contribution in [3.05, 3.63) is 57.5 Å². The Hall–Kier alpha value is -1.37. The smallest absolute Gasteiger partial charge is 0.240 e. The largest absolute Gasteiger partial charge is 0.332 e. The molecule has 0 spiro atoms. The summed E-state index contributed by atoms with van der Waals surface area (Å²) in [6.07, 6.45) is 1.05. The zero-order chi connectivity index (χ0) is 16.5. The van der Waals surface area contributed by atoms with Gasteiger partial charge in [-0.05, 0) is 46.9 Å². The van der Waals surface area contributed by atoms with Crippen molar-refractivity contribution >= 4 is 29.0 Å². The number of piperazine rings is 1. The summed E-state index contributed by atoms with van der Waals surface area (Å²) in [5, 5.41) is 5.30. The lowest BCUT2D eigenvalue weighted by molar-refractivity contribution is -0.134. The number of benzene rings is 1. The van der Waals surface area contributed by atoms with Gasteiger partial charge < -0.3 is 10.2 Å². The van der Waals surface area contributed by atoms with Gasteiger partial charge in [-0.1, -0.05) is 12.1 Å². The van der Waals surface area contributed by atoms with E-state index < -0.39 is 0 Å². The third-order valence-electron chi connectivity index (χ3n) is 4.66. The number of thioether (sulfide) groups is 1. The van der Waals surface area contributed by atoms with Gasteiger partial charge in [-0.15, -0.1) is 23.1 Å². The Balaban J connectivity index is 1.63. The van der Waals surface area contributed by atoms with Crippen LogP contribution in [0.2, 0.25) is 0 Å². The van der Waals surface area contributed by atoms with E-state index in [4.69, 9.17) is 0 Å². The normalized spacial score (nSPS) is 23.8. The molecule has 1 fully saturated rings. The fraction of sp³-hybridized carbons (Fsp3) is 0.389. The molecule has 0 radical (unpaired) electrons. The molecule has 4 rings (SSSR count). The Morgan fingerprint density at radius 2 is 2.25 bits per heavy atom. The van der Waals surface area contributed by atoms with Gasteiger partial charge in [-0.2, -0.15) is 0 Å². The summed E-state index contributed by atoms with van der Waals surface area (Å²) < 4.78 is 13.6. The molecule has 2 aromatic rings. The quantitative estimate of drug-likeness (QED) is 0.889. The molecule has 1 amide bonds. The number of aryl methyl sites for hydroxylation is 1. The van der Waals surface area contributed by atoms with Crippen molar-refractivity contribution in [1.82, 2.24) is 10.2 Å². The number of fused-ring (bicyclic) bond motifs is 1. The second-order valence-electron chi connectivity index (χ2n) is 6.11. The molecule has 1 saturated heterocycles. The highest BCUT2D eigenvalue weighted by atomic mass is 32.2. The summed E-state index contributed by atoms with van der Waals surface area (Å²) in [6.45, 7) is 2.12. The summed E-state index contributed by atoms with van der Waals surface area (Å²) in [5.41, 5.74) is 2.04. The topological polar surface area (TPSA) is 32.3 Å². The molecule has 1 N–H and O–H groups in total. The highest BCUT2D eigenvalue weighted by molar-refractivity contribution is 8.00. The molecule has 3 heterocycles. The van der Waals surface area contributed by atoms with E-state index in [1.54, 1.807) is 35.2 Å². The first-order valence-corrected chi connectivity index (χ1v) is 10.1. The van der Waals surface area contributed by atoms with Gasteiger partial charge in [-0.3, -0.25) is 4.79 Å². The van der Waals surface area contributed by atoms with Gasteiger partial charge in [0.2, 0.25) is 5.91 Å². The first-order chi connectivity index (χ1) is 11.7. The lowest BCUT2D eigenvalue weighted by Crippen LogP contribution is -2.50. The summed E-state index contributed by atoms with van der Waals surface area (Å²) in [4.78, 5) is 16.5. The number of thiophene rings is 1. The lowest BCUT2D eigenvalue weighted by atomic mass is 10.0. The zero-order valence-corrected chi connectivity index (χ0v) is 14.8. The number of hydrogen-bond donors (Lipinski definition) is 1. The van der Waals surface area contributed by atoms with Gasteiger partial charge in [-0.25, -0.2) is 4.39 Å². The second-order valence-corrected chi connectivity index (χ2v) is 8.32. The first-order valence-electron chi connectivity index (χ1n) is 8.18. The molecule has 2 aliphatic heterocycles. The van der Waals surface area contributed by atoms with Crippen LogP contribution >= 0.6 is 23.1 Å². The monoisotopic (exact) mass is 362 g/mol. The number of nitrogens with zero attached hydrogens (tertiary/aromatic N) is 1. The van der Waals surface area contributed by atoms with E-state index in [1.807, 2.05) is 11.0 Å². The maximum atomic E-state index is 13.6. The van der Waals surface area contributed by atoms with Gasteiger partial charge >= 0.3 is 0 Å². The zero-order valence-electron chi connectivity index (χ0n) is 13.2. The summed E-state index contributed by atoms with van der Waals surface area (Å²) >= 11 is 3.48. The molecule has 2 unspecified atom stereocenters. The predicted molar refractivity (Wildman–Crippen MR) is 96.9 cm³/mol. The molecule has 3 nitrogen and oxygen atoms in total. The molecular formula is C18H19FN2OS2. The fourth-order valence-electron chi connectivity index (χ4n) is 3.48. The van der Waals surface area contributed by atoms with Crippen molar-refractivity contribution in [1.29, 1.82) is 0 Å². The van der Waals surface area contributed by atoms with Crippen molar-refractivity contribution in [2.45, 2.75) is 17.7 Å². The first kappa shape index (κ1) is 16.1. The van der Waals surface area contributed by atoms with Crippen LogP contribution in [0.1, 0.15) is 27.3 Å². The van der Waals surface area contributed by atoms with Crippen molar-refractivity contribution in [3.63, 3.8) is 0 Å². The van der Waals surface area contributed by atoms with Crippen LogP contribution in [-0.2, 0) is 11.2 Å². The number of halogens is 1. The number of nitrogens with one attached hydrogen (secondary N) is 1. The van der Waals surface area contributed by atoms with E-state index in [0.29, 0.717) is 13.1 Å². The summed E-state index contributed by atoms with van der Waals surface area (Å²) in [6, 6.07) is 8.60. The minimum Gasteiger partial charge on any atom is -0.332 e. The average molecular weight is 362 g/mol. The van der Waals surface area contributed by atoms with Crippen molar-refractivity contribution in [3.8, 4) is 0 Å². The maximum absolute atomic E-state index is 13.6. The van der Waals surface area contributed by atoms with Crippen LogP contribution < -0.4 is 5.32 Å². The molecule has 2 aliphatic rings. The lowest BCUT2D eigenvalue weighted by Gasteiger charge is -2.39. The van der Waals surface area contributed by atoms with Crippen molar-refractivity contribution in [2.24, 2.45) is 0 Å². The van der Waals surface area contributed by atoms with E-state index in [0.717, 1.165) is 24.3 Å². The molecule has 126 valence electrons. The highest BCUT2D eigenvalue weighted by Crippen LogP contribution is 2.41. The SMILES string of the molecule is O=C(C1SCCc2sccc21)N1CCNCC1c1cccc(F)c1. The Morgan fingerprint density at radius 1 is 1.33 bits per heavy atom. The van der Waals surface area contributed by atoms with Crippen molar-refractivity contribution in [2.75, 3.05) is 25.4 Å². The standard InChI is InChI=1S/C18H19FN2OS2/c19-13-3-1-2-12(10-13)15-11-20-6-7-21(15)18(22)17-14-4-8-23-16(14)5-9-24-17/h1-4,8,10,15,17,20H,5-7,9,11H2. The van der Waals surface area contributed by atoms with E-state index in [2.05, 4.69) is 16.8 Å². The third-order valence-corrected chi connectivity index (χ3v) is 6.89. The molecule has 2 atom stereocenters. The Bertz CT molecular complexity index is 748. The Kier molecular flexibility index (Phi) is 4.61. The molecule has 1 aromatic carbocycles. The summed E-state index contributed by atoms with van der Waals surface area (Å²) in [5.74, 6) is 0.897. The van der Waals surface area contributed by atoms with Crippen LogP contribution in [0.25, 0.3) is 0 Å². The summed E-state index contributed by atoms with van der Waals surface area (Å²) in [7, 11) is 0. The number of hydrogen-bond acceptors (Lipinski definition) is 4. The molecule has 6 heteroatoms. The van der Waals surface area contributed by atoms with Gasteiger partial charge in [0.25, 0.3) is 0 Å². The van der Waals surface area contributed by atoms with Crippen LogP contribution in [0, 0.1) is 5.82 Å². The highest BCUT2D eigenvalue weighted by Gasteiger charge is 2.36. The predicted octanol–water partition coefficient (Wildman–Crippen LogP) is 3.39. The average Bonchev–Trinajstić information content (AvgIpc) is 3.10. The third kappa shape index (κ3) is 2.98. The minimum absolute atomic E-state index is 0.105. The van der Waals surface area contributed by atoms with E-state index >= 15 is 0 Å². The molecule has 24 heavy (non-hydrogen) atoms. The molecule has 0 bridgehead atoms. The maximum Gasteiger partial charge on any atom is 0.240 e. The fourth-order valence-corrected chi connectivity index (χ4v) is 5.84. The molecule has 1 aromatic heterocycles. The van der Waals surface area contributed by atoms with Gasteiger partial charge in [0.05, 0.1) is 6.04 Å². The van der Waals surface area contributed by atoms with Crippen LogP contribution in [0.4, 0.5) is 4.39 Å². The number of rotatable bonds is 2. The van der Waals surface area contributed by atoms with Crippen LogP contribution in [0.3, 0.4) is 0 Å².